The van der Waals surface area contributed by atoms with Crippen molar-refractivity contribution in [3.63, 3.8) is 0 Å². The molecule has 8 heteroatoms. The molecule has 0 fully saturated rings. The molecule has 140 valence electrons. The maximum Gasteiger partial charge on any atom is 0.260 e. The van der Waals surface area contributed by atoms with Crippen molar-refractivity contribution in [1.82, 2.24) is 5.48 Å². The van der Waals surface area contributed by atoms with Crippen LogP contribution in [0, 0.1) is 5.41 Å². The predicted octanol–water partition coefficient (Wildman–Crippen LogP) is 2.11. The second kappa shape index (κ2) is 7.86. The second-order valence-electron chi connectivity index (χ2n) is 6.59. The first-order valence-electron chi connectivity index (χ1n) is 7.91. The summed E-state index contributed by atoms with van der Waals surface area (Å²) in [6, 6.07) is 14.0. The lowest BCUT2D eigenvalue weighted by Gasteiger charge is -2.29. The minimum atomic E-state index is -3.69. The van der Waals surface area contributed by atoms with E-state index in [1.54, 1.807) is 38.1 Å². The number of hydrogen-bond donors (Lipinski definition) is 3. The van der Waals surface area contributed by atoms with Crippen molar-refractivity contribution < 1.29 is 23.2 Å². The van der Waals surface area contributed by atoms with E-state index in [1.165, 1.54) is 17.6 Å². The molecule has 0 radical (unpaired) electrons. The van der Waals surface area contributed by atoms with Gasteiger partial charge in [-0.15, -0.1) is 0 Å². The third-order valence-corrected chi connectivity index (χ3v) is 6.07. The van der Waals surface area contributed by atoms with Crippen LogP contribution in [0.4, 0.5) is 0 Å². The molecule has 0 bridgehead atoms. The maximum atomic E-state index is 12.6. The van der Waals surface area contributed by atoms with E-state index in [0.29, 0.717) is 11.5 Å². The number of nitrogens with one attached hydrogen (secondary N) is 1. The fourth-order valence-electron chi connectivity index (χ4n) is 2.43. The summed E-state index contributed by atoms with van der Waals surface area (Å²) in [5.41, 5.74) is 6.12. The van der Waals surface area contributed by atoms with Gasteiger partial charge < -0.3 is 10.5 Å². The van der Waals surface area contributed by atoms with E-state index in [-0.39, 0.29) is 10.6 Å². The molecular formula is C18H22N2O5S. The van der Waals surface area contributed by atoms with Gasteiger partial charge in [-0.05, 0) is 36.4 Å². The number of hydrogen-bond acceptors (Lipinski definition) is 6. The Balaban J connectivity index is 2.15. The van der Waals surface area contributed by atoms with Gasteiger partial charge in [0.2, 0.25) is 0 Å². The molecule has 1 unspecified atom stereocenters. The van der Waals surface area contributed by atoms with Crippen LogP contribution in [0.25, 0.3) is 0 Å². The number of para-hydroxylation sites is 1. The summed E-state index contributed by atoms with van der Waals surface area (Å²) >= 11 is 0. The number of benzene rings is 2. The molecule has 0 heterocycles. The van der Waals surface area contributed by atoms with Gasteiger partial charge in [0.1, 0.15) is 11.5 Å². The summed E-state index contributed by atoms with van der Waals surface area (Å²) in [6.45, 7) is 3.11. The van der Waals surface area contributed by atoms with E-state index in [2.05, 4.69) is 0 Å². The lowest BCUT2D eigenvalue weighted by molar-refractivity contribution is -0.132. The van der Waals surface area contributed by atoms with Crippen molar-refractivity contribution in [3.8, 4) is 11.5 Å². The zero-order valence-electron chi connectivity index (χ0n) is 14.5. The summed E-state index contributed by atoms with van der Waals surface area (Å²) in [4.78, 5) is 11.6. The molecule has 0 aliphatic heterocycles. The Hall–Kier alpha value is -2.42. The average molecular weight is 378 g/mol. The highest BCUT2D eigenvalue weighted by molar-refractivity contribution is 7.91. The van der Waals surface area contributed by atoms with Crippen LogP contribution < -0.4 is 16.0 Å². The molecule has 26 heavy (non-hydrogen) atoms. The molecular weight excluding hydrogens is 356 g/mol. The second-order valence-corrected chi connectivity index (χ2v) is 8.58. The summed E-state index contributed by atoms with van der Waals surface area (Å²) in [5.74, 6) is -0.0409. The zero-order valence-corrected chi connectivity index (χ0v) is 15.4. The standard InChI is InChI=1S/C18H22N2O5S/c1-18(2,16(19)17(21)20-22)12-26(23,24)15-10-8-14(9-11-15)25-13-6-4-3-5-7-13/h3-11,16,22H,12,19H2,1-2H3,(H,20,21). The Labute approximate surface area is 152 Å². The van der Waals surface area contributed by atoms with Crippen LogP contribution >= 0.6 is 0 Å². The van der Waals surface area contributed by atoms with Crippen LogP contribution in [-0.4, -0.2) is 31.3 Å². The van der Waals surface area contributed by atoms with Crippen LogP contribution in [0.5, 0.6) is 11.5 Å². The first kappa shape index (κ1) is 19.9. The lowest BCUT2D eigenvalue weighted by atomic mass is 9.87. The average Bonchev–Trinajstić information content (AvgIpc) is 2.61. The zero-order chi connectivity index (χ0) is 19.4. The van der Waals surface area contributed by atoms with Crippen LogP contribution in [-0.2, 0) is 14.6 Å². The summed E-state index contributed by atoms with van der Waals surface area (Å²) in [6.07, 6.45) is 0. The highest BCUT2D eigenvalue weighted by atomic mass is 32.2. The van der Waals surface area contributed by atoms with Gasteiger partial charge in [0, 0.05) is 5.41 Å². The number of ether oxygens (including phenoxy) is 1. The molecule has 0 saturated heterocycles. The number of hydroxylamine groups is 1. The van der Waals surface area contributed by atoms with Crippen molar-refractivity contribution in [2.45, 2.75) is 24.8 Å². The highest BCUT2D eigenvalue weighted by Gasteiger charge is 2.37. The first-order chi connectivity index (χ1) is 12.2. The van der Waals surface area contributed by atoms with Gasteiger partial charge in [0.05, 0.1) is 16.7 Å². The van der Waals surface area contributed by atoms with Crippen LogP contribution in [0.3, 0.4) is 0 Å². The van der Waals surface area contributed by atoms with Gasteiger partial charge in [-0.3, -0.25) is 10.0 Å². The maximum absolute atomic E-state index is 12.6. The Morgan fingerprint density at radius 1 is 1.12 bits per heavy atom. The van der Waals surface area contributed by atoms with Gasteiger partial charge in [0.15, 0.2) is 9.84 Å². The Morgan fingerprint density at radius 2 is 1.65 bits per heavy atom. The molecule has 2 rings (SSSR count). The van der Waals surface area contributed by atoms with Gasteiger partial charge in [0.25, 0.3) is 5.91 Å². The minimum absolute atomic E-state index is 0.0996. The molecule has 7 nitrogen and oxygen atoms in total. The number of rotatable bonds is 7. The fourth-order valence-corrected chi connectivity index (χ4v) is 4.30. The molecule has 2 aromatic rings. The first-order valence-corrected chi connectivity index (χ1v) is 9.56. The topological polar surface area (TPSA) is 119 Å². The van der Waals surface area contributed by atoms with Crippen LogP contribution in [0.15, 0.2) is 59.5 Å². The van der Waals surface area contributed by atoms with Crippen molar-refractivity contribution >= 4 is 15.7 Å². The van der Waals surface area contributed by atoms with E-state index < -0.39 is 27.2 Å². The summed E-state index contributed by atoms with van der Waals surface area (Å²) in [5, 5.41) is 8.69. The van der Waals surface area contributed by atoms with Crippen molar-refractivity contribution in [3.05, 3.63) is 54.6 Å². The van der Waals surface area contributed by atoms with E-state index >= 15 is 0 Å². The fraction of sp³-hybridized carbons (Fsp3) is 0.278. The van der Waals surface area contributed by atoms with Gasteiger partial charge in [-0.25, -0.2) is 13.9 Å². The van der Waals surface area contributed by atoms with E-state index in [4.69, 9.17) is 15.7 Å². The minimum Gasteiger partial charge on any atom is -0.457 e. The molecule has 1 atom stereocenters. The number of amides is 1. The van der Waals surface area contributed by atoms with E-state index in [0.717, 1.165) is 0 Å². The number of sulfone groups is 1. The molecule has 0 aliphatic rings. The lowest BCUT2D eigenvalue weighted by Crippen LogP contribution is -2.51. The van der Waals surface area contributed by atoms with E-state index in [1.807, 2.05) is 18.2 Å². The van der Waals surface area contributed by atoms with Gasteiger partial charge in [-0.1, -0.05) is 32.0 Å². The molecule has 0 aromatic heterocycles. The summed E-state index contributed by atoms with van der Waals surface area (Å²) < 4.78 is 30.9. The number of nitrogens with two attached hydrogens (primary N) is 1. The van der Waals surface area contributed by atoms with Crippen LogP contribution in [0.2, 0.25) is 0 Å². The number of carbonyl (C=O) groups excluding carboxylic acids is 1. The molecule has 0 saturated carbocycles. The smallest absolute Gasteiger partial charge is 0.260 e. The Morgan fingerprint density at radius 3 is 2.19 bits per heavy atom. The molecule has 2 aromatic carbocycles. The third kappa shape index (κ3) is 4.81. The highest BCUT2D eigenvalue weighted by Crippen LogP contribution is 2.28. The Bertz CT molecular complexity index is 849. The normalized spacial score (nSPS) is 13.1. The third-order valence-electron chi connectivity index (χ3n) is 3.96. The van der Waals surface area contributed by atoms with Gasteiger partial charge >= 0.3 is 0 Å². The molecule has 4 N–H and O–H groups in total. The van der Waals surface area contributed by atoms with Crippen molar-refractivity contribution in [1.29, 1.82) is 0 Å². The molecule has 1 amide bonds. The Kier molecular flexibility index (Phi) is 6.01. The largest absolute Gasteiger partial charge is 0.457 e. The van der Waals surface area contributed by atoms with Crippen LogP contribution in [0.1, 0.15) is 13.8 Å². The molecule has 0 aliphatic carbocycles. The SMILES string of the molecule is CC(C)(CS(=O)(=O)c1ccc(Oc2ccccc2)cc1)C(N)C(=O)NO. The van der Waals surface area contributed by atoms with E-state index in [9.17, 15) is 13.2 Å². The van der Waals surface area contributed by atoms with Crippen molar-refractivity contribution in [2.24, 2.45) is 11.1 Å². The van der Waals surface area contributed by atoms with Gasteiger partial charge in [-0.2, -0.15) is 0 Å². The quantitative estimate of drug-likeness (QED) is 0.501. The summed E-state index contributed by atoms with van der Waals surface area (Å²) in [7, 11) is -3.69. The van der Waals surface area contributed by atoms with Crippen molar-refractivity contribution in [2.75, 3.05) is 5.75 Å². The molecule has 0 spiro atoms. The number of carbonyl (C=O) groups is 1. The predicted molar refractivity (Wildman–Crippen MR) is 96.7 cm³/mol. The monoisotopic (exact) mass is 378 g/mol.